The third kappa shape index (κ3) is 1.99. The summed E-state index contributed by atoms with van der Waals surface area (Å²) in [5.41, 5.74) is 0.0818. The molecule has 1 aliphatic carbocycles. The van der Waals surface area contributed by atoms with Crippen LogP contribution in [0.2, 0.25) is 0 Å². The third-order valence-electron chi connectivity index (χ3n) is 2.92. The summed E-state index contributed by atoms with van der Waals surface area (Å²) in [5.74, 6) is 0.368. The molecule has 1 aliphatic rings. The molecular weight excluding hydrogens is 176 g/mol. The van der Waals surface area contributed by atoms with Gasteiger partial charge in [-0.1, -0.05) is 26.0 Å². The van der Waals surface area contributed by atoms with Gasteiger partial charge in [-0.15, -0.1) is 0 Å². The van der Waals surface area contributed by atoms with E-state index in [0.29, 0.717) is 5.92 Å². The number of hydrogen-bond acceptors (Lipinski definition) is 2. The standard InChI is InChI=1S/C12H20O2/c1-6-7-9-10(12(9,4)5)11(13)14-8(2)3/h6-10H,1-5H3/b7-6+. The van der Waals surface area contributed by atoms with Crippen molar-refractivity contribution < 1.29 is 9.53 Å². The summed E-state index contributed by atoms with van der Waals surface area (Å²) >= 11 is 0. The molecule has 0 aromatic heterocycles. The molecule has 0 spiro atoms. The van der Waals surface area contributed by atoms with Gasteiger partial charge in [0, 0.05) is 0 Å². The minimum Gasteiger partial charge on any atom is -0.463 e. The monoisotopic (exact) mass is 196 g/mol. The molecule has 0 bridgehead atoms. The topological polar surface area (TPSA) is 26.3 Å². The molecule has 2 atom stereocenters. The van der Waals surface area contributed by atoms with Crippen LogP contribution in [-0.4, -0.2) is 12.1 Å². The Hall–Kier alpha value is -0.790. The molecule has 0 N–H and O–H groups in total. The van der Waals surface area contributed by atoms with Crippen LogP contribution in [-0.2, 0) is 9.53 Å². The van der Waals surface area contributed by atoms with Gasteiger partial charge in [-0.2, -0.15) is 0 Å². The molecule has 2 nitrogen and oxygen atoms in total. The fourth-order valence-corrected chi connectivity index (χ4v) is 2.00. The van der Waals surface area contributed by atoms with Crippen LogP contribution in [0.1, 0.15) is 34.6 Å². The first-order chi connectivity index (χ1) is 6.41. The van der Waals surface area contributed by atoms with E-state index < -0.39 is 0 Å². The number of rotatable bonds is 3. The van der Waals surface area contributed by atoms with Crippen molar-refractivity contribution in [2.45, 2.75) is 40.7 Å². The van der Waals surface area contributed by atoms with Crippen molar-refractivity contribution in [1.29, 1.82) is 0 Å². The number of hydrogen-bond donors (Lipinski definition) is 0. The maximum Gasteiger partial charge on any atom is 0.310 e. The molecule has 2 heteroatoms. The highest BCUT2D eigenvalue weighted by Crippen LogP contribution is 2.59. The molecule has 0 aromatic rings. The van der Waals surface area contributed by atoms with Crippen molar-refractivity contribution in [2.24, 2.45) is 17.3 Å². The second-order valence-corrected chi connectivity index (χ2v) is 4.84. The van der Waals surface area contributed by atoms with Gasteiger partial charge in [-0.05, 0) is 32.1 Å². The minimum absolute atomic E-state index is 0.00911. The zero-order valence-electron chi connectivity index (χ0n) is 9.70. The Morgan fingerprint density at radius 1 is 1.43 bits per heavy atom. The van der Waals surface area contributed by atoms with E-state index in [0.717, 1.165) is 0 Å². The number of carbonyl (C=O) groups excluding carboxylic acids is 1. The lowest BCUT2D eigenvalue weighted by atomic mass is 10.1. The highest BCUT2D eigenvalue weighted by Gasteiger charge is 2.61. The zero-order valence-corrected chi connectivity index (χ0v) is 9.70. The average molecular weight is 196 g/mol. The van der Waals surface area contributed by atoms with Crippen LogP contribution in [0, 0.1) is 17.3 Å². The molecular formula is C12H20O2. The summed E-state index contributed by atoms with van der Waals surface area (Å²) in [4.78, 5) is 11.7. The van der Waals surface area contributed by atoms with Gasteiger partial charge >= 0.3 is 5.97 Å². The lowest BCUT2D eigenvalue weighted by molar-refractivity contribution is -0.150. The molecule has 0 heterocycles. The van der Waals surface area contributed by atoms with Gasteiger partial charge in [0.25, 0.3) is 0 Å². The van der Waals surface area contributed by atoms with Crippen LogP contribution in [0.4, 0.5) is 0 Å². The Labute approximate surface area is 86.3 Å². The van der Waals surface area contributed by atoms with E-state index in [-0.39, 0.29) is 23.4 Å². The second-order valence-electron chi connectivity index (χ2n) is 4.84. The van der Waals surface area contributed by atoms with Crippen LogP contribution in [0.5, 0.6) is 0 Å². The zero-order chi connectivity index (χ0) is 10.9. The van der Waals surface area contributed by atoms with E-state index in [1.54, 1.807) is 0 Å². The van der Waals surface area contributed by atoms with Gasteiger partial charge in [0.2, 0.25) is 0 Å². The van der Waals surface area contributed by atoms with Gasteiger partial charge < -0.3 is 4.74 Å². The smallest absolute Gasteiger partial charge is 0.310 e. The predicted octanol–water partition coefficient (Wildman–Crippen LogP) is 2.79. The third-order valence-corrected chi connectivity index (χ3v) is 2.92. The molecule has 1 fully saturated rings. The Bertz CT molecular complexity index is 251. The van der Waals surface area contributed by atoms with Crippen LogP contribution in [0.3, 0.4) is 0 Å². The van der Waals surface area contributed by atoms with Crippen molar-refractivity contribution in [3.63, 3.8) is 0 Å². The largest absolute Gasteiger partial charge is 0.463 e. The van der Waals surface area contributed by atoms with Crippen molar-refractivity contribution in [1.82, 2.24) is 0 Å². The van der Waals surface area contributed by atoms with Crippen LogP contribution in [0.15, 0.2) is 12.2 Å². The van der Waals surface area contributed by atoms with Crippen LogP contribution >= 0.6 is 0 Å². The summed E-state index contributed by atoms with van der Waals surface area (Å²) in [6, 6.07) is 0. The Balaban J connectivity index is 2.59. The van der Waals surface area contributed by atoms with Crippen molar-refractivity contribution >= 4 is 5.97 Å². The molecule has 0 amide bonds. The molecule has 0 radical (unpaired) electrons. The highest BCUT2D eigenvalue weighted by molar-refractivity contribution is 5.78. The van der Waals surface area contributed by atoms with Gasteiger partial charge in [-0.3, -0.25) is 4.79 Å². The summed E-state index contributed by atoms with van der Waals surface area (Å²) in [5, 5.41) is 0. The Kier molecular flexibility index (Phi) is 3.03. The number of esters is 1. The molecule has 0 aliphatic heterocycles. The normalized spacial score (nSPS) is 29.6. The summed E-state index contributed by atoms with van der Waals surface area (Å²) in [7, 11) is 0. The molecule has 1 rings (SSSR count). The Morgan fingerprint density at radius 3 is 2.43 bits per heavy atom. The van der Waals surface area contributed by atoms with Crippen LogP contribution < -0.4 is 0 Å². The maximum atomic E-state index is 11.7. The first-order valence-electron chi connectivity index (χ1n) is 5.24. The minimum atomic E-state index is -0.0481. The fourth-order valence-electron chi connectivity index (χ4n) is 2.00. The van der Waals surface area contributed by atoms with Crippen molar-refractivity contribution in [3.05, 3.63) is 12.2 Å². The number of carbonyl (C=O) groups is 1. The first kappa shape index (κ1) is 11.3. The lowest BCUT2D eigenvalue weighted by Gasteiger charge is -2.08. The summed E-state index contributed by atoms with van der Waals surface area (Å²) < 4.78 is 5.21. The molecule has 14 heavy (non-hydrogen) atoms. The highest BCUT2D eigenvalue weighted by atomic mass is 16.5. The van der Waals surface area contributed by atoms with Gasteiger partial charge in [0.1, 0.15) is 0 Å². The molecule has 1 saturated carbocycles. The first-order valence-corrected chi connectivity index (χ1v) is 5.24. The van der Waals surface area contributed by atoms with Gasteiger partial charge in [0.05, 0.1) is 12.0 Å². The van der Waals surface area contributed by atoms with Gasteiger partial charge in [0.15, 0.2) is 0 Å². The van der Waals surface area contributed by atoms with E-state index in [9.17, 15) is 4.79 Å². The molecule has 80 valence electrons. The number of ether oxygens (including phenoxy) is 1. The van der Waals surface area contributed by atoms with E-state index in [1.807, 2.05) is 26.8 Å². The SMILES string of the molecule is C/C=C/C1C(C(=O)OC(C)C)C1(C)C. The lowest BCUT2D eigenvalue weighted by Crippen LogP contribution is -2.15. The van der Waals surface area contributed by atoms with Crippen molar-refractivity contribution in [3.8, 4) is 0 Å². The van der Waals surface area contributed by atoms with E-state index in [4.69, 9.17) is 4.74 Å². The average Bonchev–Trinajstić information content (AvgIpc) is 2.52. The van der Waals surface area contributed by atoms with Gasteiger partial charge in [-0.25, -0.2) is 0 Å². The van der Waals surface area contributed by atoms with E-state index in [2.05, 4.69) is 19.9 Å². The maximum absolute atomic E-state index is 11.7. The molecule has 0 aromatic carbocycles. The summed E-state index contributed by atoms with van der Waals surface area (Å²) in [6.07, 6.45) is 4.10. The molecule has 2 unspecified atom stereocenters. The summed E-state index contributed by atoms with van der Waals surface area (Å²) in [6.45, 7) is 9.99. The van der Waals surface area contributed by atoms with Crippen molar-refractivity contribution in [2.75, 3.05) is 0 Å². The Morgan fingerprint density at radius 2 is 2.00 bits per heavy atom. The second kappa shape index (κ2) is 3.76. The number of allylic oxidation sites excluding steroid dienone is 2. The van der Waals surface area contributed by atoms with Crippen LogP contribution in [0.25, 0.3) is 0 Å². The van der Waals surface area contributed by atoms with E-state index in [1.165, 1.54) is 0 Å². The van der Waals surface area contributed by atoms with E-state index >= 15 is 0 Å². The fraction of sp³-hybridized carbons (Fsp3) is 0.750. The predicted molar refractivity (Wildman–Crippen MR) is 56.8 cm³/mol. The molecule has 0 saturated heterocycles. The quantitative estimate of drug-likeness (QED) is 0.512.